The van der Waals surface area contributed by atoms with Gasteiger partial charge in [-0.15, -0.1) is 0 Å². The van der Waals surface area contributed by atoms with Gasteiger partial charge in [-0.05, 0) is 48.6 Å². The Hall–Kier alpha value is -4.27. The summed E-state index contributed by atoms with van der Waals surface area (Å²) >= 11 is 0. The zero-order chi connectivity index (χ0) is 20.2. The van der Waals surface area contributed by atoms with Crippen molar-refractivity contribution in [1.29, 1.82) is 0 Å². The van der Waals surface area contributed by atoms with Crippen LogP contribution in [0, 0.1) is 10.1 Å². The Labute approximate surface area is 164 Å². The summed E-state index contributed by atoms with van der Waals surface area (Å²) in [4.78, 5) is 26.5. The molecule has 0 fully saturated rings. The van der Waals surface area contributed by atoms with Crippen LogP contribution in [0.25, 0.3) is 11.8 Å². The number of allylic oxidation sites excluding steroid dienone is 1. The van der Waals surface area contributed by atoms with Gasteiger partial charge in [0.15, 0.2) is 5.78 Å². The lowest BCUT2D eigenvalue weighted by Gasteiger charge is -2.02. The Morgan fingerprint density at radius 1 is 1.21 bits per heavy atom. The molecule has 0 aliphatic carbocycles. The van der Waals surface area contributed by atoms with Crippen molar-refractivity contribution < 1.29 is 14.1 Å². The molecular weight excluding hydrogens is 374 g/mol. The first-order chi connectivity index (χ1) is 14.1. The average Bonchev–Trinajstić information content (AvgIpc) is 3.48. The molecule has 0 atom stereocenters. The highest BCUT2D eigenvalue weighted by molar-refractivity contribution is 6.06. The molecule has 4 rings (SSSR count). The molecule has 9 nitrogen and oxygen atoms in total. The van der Waals surface area contributed by atoms with Gasteiger partial charge in [0, 0.05) is 23.6 Å². The van der Waals surface area contributed by atoms with E-state index in [0.717, 1.165) is 5.69 Å². The molecule has 1 aromatic carbocycles. The summed E-state index contributed by atoms with van der Waals surface area (Å²) in [6, 6.07) is 10.6. The van der Waals surface area contributed by atoms with E-state index in [4.69, 9.17) is 4.42 Å². The fourth-order valence-electron chi connectivity index (χ4n) is 2.73. The van der Waals surface area contributed by atoms with Crippen molar-refractivity contribution in [3.05, 3.63) is 101 Å². The van der Waals surface area contributed by atoms with Crippen LogP contribution < -0.4 is 0 Å². The molecule has 144 valence electrons. The van der Waals surface area contributed by atoms with Gasteiger partial charge in [0.1, 0.15) is 23.9 Å². The minimum atomic E-state index is -0.507. The molecule has 0 spiro atoms. The van der Waals surface area contributed by atoms with Crippen LogP contribution in [0.5, 0.6) is 0 Å². The number of furan rings is 1. The maximum atomic E-state index is 12.4. The lowest BCUT2D eigenvalue weighted by atomic mass is 10.1. The van der Waals surface area contributed by atoms with Crippen molar-refractivity contribution in [3.63, 3.8) is 0 Å². The van der Waals surface area contributed by atoms with Crippen molar-refractivity contribution in [1.82, 2.24) is 19.3 Å². The molecule has 0 amide bonds. The second-order valence-corrected chi connectivity index (χ2v) is 6.17. The Kier molecular flexibility index (Phi) is 4.85. The van der Waals surface area contributed by atoms with Crippen molar-refractivity contribution in [2.75, 3.05) is 0 Å². The lowest BCUT2D eigenvalue weighted by molar-refractivity contribution is -0.385. The highest BCUT2D eigenvalue weighted by Crippen LogP contribution is 2.15. The molecule has 29 heavy (non-hydrogen) atoms. The van der Waals surface area contributed by atoms with Gasteiger partial charge in [-0.1, -0.05) is 0 Å². The molecule has 9 heteroatoms. The van der Waals surface area contributed by atoms with E-state index in [1.807, 2.05) is 22.9 Å². The number of nitro groups is 1. The standard InChI is InChI=1S/C20H15N5O4/c26-20(15-1-3-16(4-2-15)23-10-9-21-14-23)8-7-18-5-6-19(29-18)13-24-12-17(11-22-24)25(27)28/h1-12,14H,13H2/b8-7+. The fraction of sp³-hybridized carbons (Fsp3) is 0.0500. The normalized spacial score (nSPS) is 11.2. The summed E-state index contributed by atoms with van der Waals surface area (Å²) in [5, 5.41) is 14.6. The van der Waals surface area contributed by atoms with Gasteiger partial charge in [0.2, 0.25) is 0 Å². The van der Waals surface area contributed by atoms with Gasteiger partial charge in [-0.25, -0.2) is 4.98 Å². The summed E-state index contributed by atoms with van der Waals surface area (Å²) in [6.45, 7) is 0.255. The third kappa shape index (κ3) is 4.19. The number of carbonyl (C=O) groups is 1. The number of carbonyl (C=O) groups excluding carboxylic acids is 1. The second kappa shape index (κ2) is 7.77. The fourth-order valence-corrected chi connectivity index (χ4v) is 2.73. The smallest absolute Gasteiger partial charge is 0.307 e. The van der Waals surface area contributed by atoms with Crippen LogP contribution in [0.15, 0.2) is 78.0 Å². The highest BCUT2D eigenvalue weighted by Gasteiger charge is 2.10. The van der Waals surface area contributed by atoms with Crippen LogP contribution >= 0.6 is 0 Å². The summed E-state index contributed by atoms with van der Waals surface area (Å²) in [5.41, 5.74) is 1.39. The predicted molar refractivity (Wildman–Crippen MR) is 104 cm³/mol. The van der Waals surface area contributed by atoms with Crippen LogP contribution in [-0.2, 0) is 6.54 Å². The molecule has 3 aromatic heterocycles. The van der Waals surface area contributed by atoms with Crippen LogP contribution in [0.1, 0.15) is 21.9 Å². The number of ketones is 1. The number of hydrogen-bond donors (Lipinski definition) is 0. The molecule has 0 aliphatic heterocycles. The van der Waals surface area contributed by atoms with Gasteiger partial charge in [0.25, 0.3) is 0 Å². The molecule has 0 radical (unpaired) electrons. The lowest BCUT2D eigenvalue weighted by Crippen LogP contribution is -1.98. The predicted octanol–water partition coefficient (Wildman–Crippen LogP) is 3.51. The zero-order valence-electron chi connectivity index (χ0n) is 15.1. The Balaban J connectivity index is 1.40. The van der Waals surface area contributed by atoms with Crippen LogP contribution in [-0.4, -0.2) is 30.0 Å². The number of hydrogen-bond acceptors (Lipinski definition) is 6. The van der Waals surface area contributed by atoms with E-state index in [1.54, 1.807) is 42.9 Å². The number of rotatable bonds is 7. The van der Waals surface area contributed by atoms with E-state index in [2.05, 4.69) is 10.1 Å². The Morgan fingerprint density at radius 3 is 2.72 bits per heavy atom. The molecule has 0 bridgehead atoms. The Bertz CT molecular complexity index is 1170. The van der Waals surface area contributed by atoms with E-state index in [1.165, 1.54) is 23.2 Å². The van der Waals surface area contributed by atoms with Crippen LogP contribution in [0.4, 0.5) is 5.69 Å². The second-order valence-electron chi connectivity index (χ2n) is 6.17. The van der Waals surface area contributed by atoms with Gasteiger partial charge < -0.3 is 8.98 Å². The van der Waals surface area contributed by atoms with Crippen molar-refractivity contribution >= 4 is 17.5 Å². The number of aromatic nitrogens is 4. The van der Waals surface area contributed by atoms with Crippen molar-refractivity contribution in [2.45, 2.75) is 6.54 Å². The van der Waals surface area contributed by atoms with Gasteiger partial charge in [0.05, 0.1) is 17.8 Å². The number of nitrogens with zero attached hydrogens (tertiary/aromatic N) is 5. The topological polar surface area (TPSA) is 109 Å². The van der Waals surface area contributed by atoms with E-state index in [9.17, 15) is 14.9 Å². The molecule has 0 aliphatic rings. The summed E-state index contributed by atoms with van der Waals surface area (Å²) in [6.07, 6.45) is 10.7. The molecule has 0 unspecified atom stereocenters. The van der Waals surface area contributed by atoms with E-state index < -0.39 is 4.92 Å². The number of imidazole rings is 1. The van der Waals surface area contributed by atoms with Gasteiger partial charge in [-0.2, -0.15) is 5.10 Å². The summed E-state index contributed by atoms with van der Waals surface area (Å²) < 4.78 is 8.90. The first-order valence-electron chi connectivity index (χ1n) is 8.65. The molecular formula is C20H15N5O4. The first-order valence-corrected chi connectivity index (χ1v) is 8.65. The molecule has 3 heterocycles. The molecule has 4 aromatic rings. The third-order valence-corrected chi connectivity index (χ3v) is 4.18. The minimum absolute atomic E-state index is 0.0821. The van der Waals surface area contributed by atoms with Crippen molar-refractivity contribution in [3.8, 4) is 5.69 Å². The Morgan fingerprint density at radius 2 is 2.03 bits per heavy atom. The van der Waals surface area contributed by atoms with E-state index in [-0.39, 0.29) is 18.0 Å². The number of benzene rings is 1. The molecule has 0 saturated carbocycles. The molecule has 0 N–H and O–H groups in total. The van der Waals surface area contributed by atoms with Crippen molar-refractivity contribution in [2.24, 2.45) is 0 Å². The quantitative estimate of drug-likeness (QED) is 0.207. The average molecular weight is 389 g/mol. The maximum absolute atomic E-state index is 12.4. The van der Waals surface area contributed by atoms with Crippen LogP contribution in [0.3, 0.4) is 0 Å². The highest BCUT2D eigenvalue weighted by atomic mass is 16.6. The zero-order valence-corrected chi connectivity index (χ0v) is 15.1. The van der Waals surface area contributed by atoms with Gasteiger partial charge in [-0.3, -0.25) is 19.6 Å². The molecule has 0 saturated heterocycles. The largest absolute Gasteiger partial charge is 0.460 e. The van der Waals surface area contributed by atoms with E-state index in [0.29, 0.717) is 17.1 Å². The van der Waals surface area contributed by atoms with Crippen LogP contribution in [0.2, 0.25) is 0 Å². The van der Waals surface area contributed by atoms with E-state index >= 15 is 0 Å². The summed E-state index contributed by atoms with van der Waals surface area (Å²) in [5.74, 6) is 0.924. The maximum Gasteiger partial charge on any atom is 0.307 e. The first kappa shape index (κ1) is 18.1. The summed E-state index contributed by atoms with van der Waals surface area (Å²) in [7, 11) is 0. The SMILES string of the molecule is O=C(/C=C/c1ccc(Cn2cc([N+](=O)[O-])cn2)o1)c1ccc(-n2ccnc2)cc1. The third-order valence-electron chi connectivity index (χ3n) is 4.18. The monoisotopic (exact) mass is 389 g/mol. The van der Waals surface area contributed by atoms with Gasteiger partial charge >= 0.3 is 5.69 Å². The minimum Gasteiger partial charge on any atom is -0.460 e.